The molecule has 0 saturated carbocycles. The second-order valence-electron chi connectivity index (χ2n) is 29.2. The van der Waals surface area contributed by atoms with Crippen molar-refractivity contribution in [3.63, 3.8) is 0 Å². The van der Waals surface area contributed by atoms with Gasteiger partial charge in [-0.25, -0.2) is 0 Å². The van der Waals surface area contributed by atoms with Crippen molar-refractivity contribution in [2.45, 2.75) is 489 Å². The van der Waals surface area contributed by atoms with Crippen molar-refractivity contribution in [3.8, 4) is 0 Å². The zero-order valence-corrected chi connectivity index (χ0v) is 63.3. The second kappa shape index (κ2) is 84.1. The van der Waals surface area contributed by atoms with Crippen LogP contribution in [0.3, 0.4) is 0 Å². The fraction of sp³-hybridized carbons (Fsp3) is 0.886. The molecule has 1 atom stereocenters. The zero-order chi connectivity index (χ0) is 66.8. The fourth-order valence-corrected chi connectivity index (χ4v) is 13.6. The SMILES string of the molecule is CC/C=C\C/C=C\C/C=C\C/C=C\CCCCCCCCCCCCCCCCCCCCCCCCCCCCCCC(=O)OC(CO)COC(=O)CCCCCCCCCCCCCCCCCCCCCCCCCCCCCCCCCCCCCCCC. The third-order valence-electron chi connectivity index (χ3n) is 19.9. The summed E-state index contributed by atoms with van der Waals surface area (Å²) in [5, 5.41) is 9.74. The molecule has 0 saturated heterocycles. The lowest BCUT2D eigenvalue weighted by Gasteiger charge is -2.15. The standard InChI is InChI=1S/C88H166O5/c1-3-5-7-9-11-13-15-17-19-21-23-25-27-29-31-33-35-37-39-41-43-44-45-47-49-51-53-55-57-59-61-63-65-67-69-71-73-75-77-79-81-83-88(91)93-86(84-89)85-92-87(90)82-80-78-76-74-72-70-68-66-64-62-60-58-56-54-52-50-48-46-42-40-38-36-34-32-30-28-26-24-22-20-18-16-14-12-10-8-6-4-2/h5,7,11,13,17,19,23,25,86,89H,3-4,6,8-10,12,14-16,18,20-22,24,26-85H2,1-2H3/b7-5-,13-11-,19-17-,25-23-. The second-order valence-corrected chi connectivity index (χ2v) is 29.2. The number of allylic oxidation sites excluding steroid dienone is 8. The molecule has 0 aromatic heterocycles. The summed E-state index contributed by atoms with van der Waals surface area (Å²) >= 11 is 0. The van der Waals surface area contributed by atoms with E-state index in [9.17, 15) is 14.7 Å². The molecule has 0 aromatic carbocycles. The van der Waals surface area contributed by atoms with E-state index in [0.29, 0.717) is 12.8 Å². The van der Waals surface area contributed by atoms with E-state index in [0.717, 1.165) is 57.8 Å². The molecule has 548 valence electrons. The first-order valence-corrected chi connectivity index (χ1v) is 42.7. The largest absolute Gasteiger partial charge is 0.462 e. The highest BCUT2D eigenvalue weighted by molar-refractivity contribution is 5.70. The molecule has 0 aliphatic carbocycles. The van der Waals surface area contributed by atoms with Crippen molar-refractivity contribution in [2.75, 3.05) is 13.2 Å². The number of aliphatic hydroxyl groups is 1. The number of unbranched alkanes of at least 4 members (excludes halogenated alkanes) is 65. The van der Waals surface area contributed by atoms with Gasteiger partial charge in [-0.05, 0) is 51.4 Å². The summed E-state index contributed by atoms with van der Waals surface area (Å²) in [5.41, 5.74) is 0. The molecule has 0 amide bonds. The van der Waals surface area contributed by atoms with Crippen LogP contribution in [0.25, 0.3) is 0 Å². The molecule has 0 fully saturated rings. The summed E-state index contributed by atoms with van der Waals surface area (Å²) in [6, 6.07) is 0. The number of hydrogen-bond donors (Lipinski definition) is 1. The van der Waals surface area contributed by atoms with Crippen LogP contribution >= 0.6 is 0 Å². The summed E-state index contributed by atoms with van der Waals surface area (Å²) in [6.45, 7) is 4.11. The number of rotatable bonds is 81. The maximum Gasteiger partial charge on any atom is 0.306 e. The summed E-state index contributed by atoms with van der Waals surface area (Å²) in [6.07, 6.45) is 115. The van der Waals surface area contributed by atoms with Crippen molar-refractivity contribution in [2.24, 2.45) is 0 Å². The van der Waals surface area contributed by atoms with E-state index in [4.69, 9.17) is 9.47 Å². The fourth-order valence-electron chi connectivity index (χ4n) is 13.6. The Bertz CT molecular complexity index is 1530. The van der Waals surface area contributed by atoms with E-state index in [2.05, 4.69) is 62.5 Å². The van der Waals surface area contributed by atoms with Crippen LogP contribution in [0, 0.1) is 0 Å². The molecule has 0 rings (SSSR count). The van der Waals surface area contributed by atoms with Gasteiger partial charge in [-0.2, -0.15) is 0 Å². The average Bonchev–Trinajstić information content (AvgIpc) is 3.59. The molecule has 5 nitrogen and oxygen atoms in total. The number of carbonyl (C=O) groups excluding carboxylic acids is 2. The van der Waals surface area contributed by atoms with E-state index in [1.54, 1.807) is 0 Å². The summed E-state index contributed by atoms with van der Waals surface area (Å²) in [4.78, 5) is 24.7. The van der Waals surface area contributed by atoms with Gasteiger partial charge in [0.05, 0.1) is 6.61 Å². The smallest absolute Gasteiger partial charge is 0.306 e. The van der Waals surface area contributed by atoms with Gasteiger partial charge < -0.3 is 14.6 Å². The van der Waals surface area contributed by atoms with Crippen LogP contribution in [0.1, 0.15) is 483 Å². The highest BCUT2D eigenvalue weighted by Crippen LogP contribution is 2.21. The van der Waals surface area contributed by atoms with Crippen LogP contribution in [0.15, 0.2) is 48.6 Å². The molecule has 0 bridgehead atoms. The number of carbonyl (C=O) groups is 2. The molecule has 0 aliphatic rings. The number of hydrogen-bond acceptors (Lipinski definition) is 5. The Labute approximate surface area is 583 Å². The van der Waals surface area contributed by atoms with Gasteiger partial charge in [0.25, 0.3) is 0 Å². The Balaban J connectivity index is 3.34. The predicted molar refractivity (Wildman–Crippen MR) is 413 cm³/mol. The quantitative estimate of drug-likeness (QED) is 0.0373. The molecular weight excluding hydrogens is 1140 g/mol. The van der Waals surface area contributed by atoms with E-state index >= 15 is 0 Å². The lowest BCUT2D eigenvalue weighted by molar-refractivity contribution is -0.161. The van der Waals surface area contributed by atoms with Crippen LogP contribution in [0.2, 0.25) is 0 Å². The summed E-state index contributed by atoms with van der Waals surface area (Å²) in [5.74, 6) is -0.559. The predicted octanol–water partition coefficient (Wildman–Crippen LogP) is 30.2. The normalized spacial score (nSPS) is 12.3. The first-order chi connectivity index (χ1) is 46.1. The highest BCUT2D eigenvalue weighted by atomic mass is 16.6. The van der Waals surface area contributed by atoms with Crippen LogP contribution < -0.4 is 0 Å². The van der Waals surface area contributed by atoms with Gasteiger partial charge >= 0.3 is 11.9 Å². The zero-order valence-electron chi connectivity index (χ0n) is 63.3. The van der Waals surface area contributed by atoms with Gasteiger partial charge in [0.1, 0.15) is 6.61 Å². The van der Waals surface area contributed by atoms with Gasteiger partial charge in [0, 0.05) is 12.8 Å². The number of ether oxygens (including phenoxy) is 2. The Kier molecular flexibility index (Phi) is 82.2. The molecule has 0 radical (unpaired) electrons. The van der Waals surface area contributed by atoms with Crippen LogP contribution in [-0.2, 0) is 19.1 Å². The molecule has 0 spiro atoms. The molecular formula is C88H166O5. The molecule has 0 heterocycles. The maximum atomic E-state index is 12.4. The summed E-state index contributed by atoms with van der Waals surface area (Å²) in [7, 11) is 0. The van der Waals surface area contributed by atoms with Crippen molar-refractivity contribution in [1.82, 2.24) is 0 Å². The van der Waals surface area contributed by atoms with E-state index in [1.165, 1.54) is 398 Å². The van der Waals surface area contributed by atoms with Crippen molar-refractivity contribution >= 4 is 11.9 Å². The topological polar surface area (TPSA) is 72.8 Å². The van der Waals surface area contributed by atoms with Gasteiger partial charge in [-0.1, -0.05) is 467 Å². The van der Waals surface area contributed by atoms with Gasteiger partial charge in [-0.15, -0.1) is 0 Å². The monoisotopic (exact) mass is 1300 g/mol. The molecule has 0 aromatic rings. The lowest BCUT2D eigenvalue weighted by atomic mass is 10.0. The van der Waals surface area contributed by atoms with Gasteiger partial charge in [0.2, 0.25) is 0 Å². The minimum absolute atomic E-state index is 0.0575. The Morgan fingerprint density at radius 3 is 0.699 bits per heavy atom. The average molecular weight is 1300 g/mol. The van der Waals surface area contributed by atoms with Gasteiger partial charge in [-0.3, -0.25) is 9.59 Å². The first-order valence-electron chi connectivity index (χ1n) is 42.7. The minimum atomic E-state index is -0.770. The van der Waals surface area contributed by atoms with Crippen molar-refractivity contribution in [3.05, 3.63) is 48.6 Å². The molecule has 0 aliphatic heterocycles. The molecule has 93 heavy (non-hydrogen) atoms. The third kappa shape index (κ3) is 82.2. The van der Waals surface area contributed by atoms with Crippen molar-refractivity contribution < 1.29 is 24.2 Å². The molecule has 1 unspecified atom stereocenters. The van der Waals surface area contributed by atoms with E-state index in [1.807, 2.05) is 0 Å². The molecule has 1 N–H and O–H groups in total. The minimum Gasteiger partial charge on any atom is -0.462 e. The maximum absolute atomic E-state index is 12.4. The number of aliphatic hydroxyl groups excluding tert-OH is 1. The Morgan fingerprint density at radius 2 is 0.462 bits per heavy atom. The van der Waals surface area contributed by atoms with Crippen LogP contribution in [0.4, 0.5) is 0 Å². The van der Waals surface area contributed by atoms with Crippen molar-refractivity contribution in [1.29, 1.82) is 0 Å². The van der Waals surface area contributed by atoms with Crippen LogP contribution in [-0.4, -0.2) is 36.4 Å². The lowest BCUT2D eigenvalue weighted by Crippen LogP contribution is -2.28. The number of esters is 2. The Morgan fingerprint density at radius 1 is 0.258 bits per heavy atom. The molecule has 5 heteroatoms. The van der Waals surface area contributed by atoms with Gasteiger partial charge in [0.15, 0.2) is 6.10 Å². The van der Waals surface area contributed by atoms with E-state index in [-0.39, 0.29) is 25.2 Å². The highest BCUT2D eigenvalue weighted by Gasteiger charge is 2.16. The third-order valence-corrected chi connectivity index (χ3v) is 19.9. The Hall–Kier alpha value is -2.14. The van der Waals surface area contributed by atoms with E-state index < -0.39 is 6.10 Å². The van der Waals surface area contributed by atoms with Crippen LogP contribution in [0.5, 0.6) is 0 Å². The summed E-state index contributed by atoms with van der Waals surface area (Å²) < 4.78 is 10.8. The first kappa shape index (κ1) is 90.9.